The van der Waals surface area contributed by atoms with Crippen molar-refractivity contribution >= 4 is 17.7 Å². The molecule has 100 valence electrons. The van der Waals surface area contributed by atoms with Crippen molar-refractivity contribution < 1.29 is 9.18 Å². The summed E-state index contributed by atoms with van der Waals surface area (Å²) in [7, 11) is 0. The average Bonchev–Trinajstić information content (AvgIpc) is 2.91. The monoisotopic (exact) mass is 279 g/mol. The van der Waals surface area contributed by atoms with E-state index in [1.165, 1.54) is 17.8 Å². The van der Waals surface area contributed by atoms with E-state index in [1.54, 1.807) is 30.6 Å². The number of aromatic nitrogens is 2. The van der Waals surface area contributed by atoms with Crippen LogP contribution in [0.25, 0.3) is 0 Å². The molecule has 0 aliphatic heterocycles. The van der Waals surface area contributed by atoms with Crippen molar-refractivity contribution in [3.63, 3.8) is 0 Å². The maximum Gasteiger partial charge on any atom is 0.230 e. The zero-order valence-corrected chi connectivity index (χ0v) is 11.2. The van der Waals surface area contributed by atoms with Crippen LogP contribution in [0.5, 0.6) is 0 Å². The number of hydrogen-bond acceptors (Lipinski definition) is 3. The second-order valence-electron chi connectivity index (χ2n) is 3.98. The van der Waals surface area contributed by atoms with Gasteiger partial charge >= 0.3 is 0 Å². The molecule has 0 saturated carbocycles. The minimum atomic E-state index is -0.306. The molecule has 1 amide bonds. The number of benzene rings is 1. The Labute approximate surface area is 114 Å². The maximum atomic E-state index is 13.4. The van der Waals surface area contributed by atoms with E-state index >= 15 is 0 Å². The van der Waals surface area contributed by atoms with Crippen LogP contribution in [0, 0.1) is 5.82 Å². The largest absolute Gasteiger partial charge is 0.347 e. The number of nitrogens with one attached hydrogen (secondary N) is 2. The third-order valence-corrected chi connectivity index (χ3v) is 3.55. The minimum Gasteiger partial charge on any atom is -0.347 e. The standard InChI is InChI=1S/C13H14FN3OS/c1-9(13-15-6-7-16-13)17-12(18)8-19-11-5-3-2-4-10(11)14/h2-7,9H,8H2,1H3,(H,15,16)(H,17,18). The molecule has 1 aromatic carbocycles. The lowest BCUT2D eigenvalue weighted by Gasteiger charge is -2.11. The molecule has 0 radical (unpaired) electrons. The normalized spacial score (nSPS) is 12.1. The average molecular weight is 279 g/mol. The molecular formula is C13H14FN3OS. The molecule has 1 aromatic heterocycles. The van der Waals surface area contributed by atoms with E-state index in [4.69, 9.17) is 0 Å². The molecule has 1 unspecified atom stereocenters. The number of nitrogens with zero attached hydrogens (tertiary/aromatic N) is 1. The number of carbonyl (C=O) groups is 1. The number of halogens is 1. The first-order chi connectivity index (χ1) is 9.16. The van der Waals surface area contributed by atoms with Gasteiger partial charge in [-0.3, -0.25) is 4.79 Å². The zero-order valence-electron chi connectivity index (χ0n) is 10.4. The van der Waals surface area contributed by atoms with Gasteiger partial charge in [0.05, 0.1) is 11.8 Å². The van der Waals surface area contributed by atoms with Gasteiger partial charge < -0.3 is 10.3 Å². The fourth-order valence-electron chi connectivity index (χ4n) is 1.57. The lowest BCUT2D eigenvalue weighted by atomic mass is 10.3. The van der Waals surface area contributed by atoms with Crippen LogP contribution < -0.4 is 5.32 Å². The molecule has 19 heavy (non-hydrogen) atoms. The Hall–Kier alpha value is -1.82. The predicted octanol–water partition coefficient (Wildman–Crippen LogP) is 2.52. The number of hydrogen-bond donors (Lipinski definition) is 2. The fraction of sp³-hybridized carbons (Fsp3) is 0.231. The highest BCUT2D eigenvalue weighted by Crippen LogP contribution is 2.21. The Kier molecular flexibility index (Phi) is 4.57. The molecule has 2 rings (SSSR count). The highest BCUT2D eigenvalue weighted by molar-refractivity contribution is 8.00. The number of H-pyrrole nitrogens is 1. The van der Waals surface area contributed by atoms with Crippen molar-refractivity contribution in [1.82, 2.24) is 15.3 Å². The Morgan fingerprint density at radius 2 is 2.32 bits per heavy atom. The highest BCUT2D eigenvalue weighted by Gasteiger charge is 2.12. The van der Waals surface area contributed by atoms with Gasteiger partial charge in [0.2, 0.25) is 5.91 Å². The van der Waals surface area contributed by atoms with Crippen molar-refractivity contribution in [3.8, 4) is 0 Å². The first-order valence-corrected chi connectivity index (χ1v) is 6.81. The molecule has 2 N–H and O–H groups in total. The second-order valence-corrected chi connectivity index (χ2v) is 5.00. The summed E-state index contributed by atoms with van der Waals surface area (Å²) < 4.78 is 13.4. The molecule has 4 nitrogen and oxygen atoms in total. The van der Waals surface area contributed by atoms with Crippen molar-refractivity contribution in [2.45, 2.75) is 17.9 Å². The van der Waals surface area contributed by atoms with Crippen molar-refractivity contribution in [2.24, 2.45) is 0 Å². The fourth-order valence-corrected chi connectivity index (χ4v) is 2.32. The summed E-state index contributed by atoms with van der Waals surface area (Å²) in [5.41, 5.74) is 0. The molecule has 0 fully saturated rings. The summed E-state index contributed by atoms with van der Waals surface area (Å²) in [6.45, 7) is 1.84. The number of amides is 1. The van der Waals surface area contributed by atoms with Gasteiger partial charge in [-0.1, -0.05) is 12.1 Å². The molecule has 2 aromatic rings. The van der Waals surface area contributed by atoms with Crippen LogP contribution in [0.4, 0.5) is 4.39 Å². The van der Waals surface area contributed by atoms with E-state index in [0.717, 1.165) is 0 Å². The summed E-state index contributed by atoms with van der Waals surface area (Å²) in [6.07, 6.45) is 3.33. The van der Waals surface area contributed by atoms with Gasteiger partial charge in [0, 0.05) is 17.3 Å². The molecule has 0 aliphatic rings. The van der Waals surface area contributed by atoms with Crippen LogP contribution in [0.15, 0.2) is 41.6 Å². The van der Waals surface area contributed by atoms with Crippen LogP contribution in [0.1, 0.15) is 18.8 Å². The summed E-state index contributed by atoms with van der Waals surface area (Å²) in [5, 5.41) is 2.80. The van der Waals surface area contributed by atoms with Gasteiger partial charge in [0.15, 0.2) is 0 Å². The third-order valence-electron chi connectivity index (χ3n) is 2.50. The number of thioether (sulfide) groups is 1. The van der Waals surface area contributed by atoms with Gasteiger partial charge in [-0.25, -0.2) is 9.37 Å². The Bertz CT molecular complexity index is 545. The highest BCUT2D eigenvalue weighted by atomic mass is 32.2. The van der Waals surface area contributed by atoms with Crippen LogP contribution in [0.2, 0.25) is 0 Å². The minimum absolute atomic E-state index is 0.155. The SMILES string of the molecule is CC(NC(=O)CSc1ccccc1F)c1ncc[nH]1. The van der Waals surface area contributed by atoms with Crippen LogP contribution in [-0.2, 0) is 4.79 Å². The summed E-state index contributed by atoms with van der Waals surface area (Å²) in [6, 6.07) is 6.21. The lowest BCUT2D eigenvalue weighted by molar-refractivity contribution is -0.119. The number of carbonyl (C=O) groups excluding carboxylic acids is 1. The Morgan fingerprint density at radius 1 is 1.53 bits per heavy atom. The molecule has 1 heterocycles. The molecular weight excluding hydrogens is 265 g/mol. The Morgan fingerprint density at radius 3 is 3.00 bits per heavy atom. The van der Waals surface area contributed by atoms with Crippen LogP contribution >= 0.6 is 11.8 Å². The summed E-state index contributed by atoms with van der Waals surface area (Å²) in [4.78, 5) is 19.2. The van der Waals surface area contributed by atoms with Gasteiger partial charge in [-0.05, 0) is 19.1 Å². The van der Waals surface area contributed by atoms with Gasteiger partial charge in [-0.2, -0.15) is 0 Å². The van der Waals surface area contributed by atoms with E-state index in [-0.39, 0.29) is 23.5 Å². The Balaban J connectivity index is 1.84. The molecule has 0 spiro atoms. The van der Waals surface area contributed by atoms with Crippen molar-refractivity contribution in [1.29, 1.82) is 0 Å². The van der Waals surface area contributed by atoms with Gasteiger partial charge in [0.25, 0.3) is 0 Å². The maximum absolute atomic E-state index is 13.4. The van der Waals surface area contributed by atoms with Crippen LogP contribution in [0.3, 0.4) is 0 Å². The summed E-state index contributed by atoms with van der Waals surface area (Å²) in [5.74, 6) is 0.409. The number of aromatic amines is 1. The first kappa shape index (κ1) is 13.6. The zero-order chi connectivity index (χ0) is 13.7. The lowest BCUT2D eigenvalue weighted by Crippen LogP contribution is -2.28. The molecule has 1 atom stereocenters. The molecule has 0 bridgehead atoms. The second kappa shape index (κ2) is 6.38. The van der Waals surface area contributed by atoms with Crippen LogP contribution in [-0.4, -0.2) is 21.6 Å². The van der Waals surface area contributed by atoms with E-state index < -0.39 is 0 Å². The van der Waals surface area contributed by atoms with E-state index in [9.17, 15) is 9.18 Å². The van der Waals surface area contributed by atoms with E-state index in [1.807, 2.05) is 6.92 Å². The smallest absolute Gasteiger partial charge is 0.230 e. The van der Waals surface area contributed by atoms with E-state index in [0.29, 0.717) is 10.7 Å². The third kappa shape index (κ3) is 3.82. The quantitative estimate of drug-likeness (QED) is 0.827. The van der Waals surface area contributed by atoms with Gasteiger partial charge in [-0.15, -0.1) is 11.8 Å². The topological polar surface area (TPSA) is 57.8 Å². The molecule has 0 saturated heterocycles. The van der Waals surface area contributed by atoms with Gasteiger partial charge in [0.1, 0.15) is 11.6 Å². The molecule has 0 aliphatic carbocycles. The first-order valence-electron chi connectivity index (χ1n) is 5.83. The van der Waals surface area contributed by atoms with Crippen molar-refractivity contribution in [2.75, 3.05) is 5.75 Å². The van der Waals surface area contributed by atoms with Crippen molar-refractivity contribution in [3.05, 3.63) is 48.3 Å². The summed E-state index contributed by atoms with van der Waals surface area (Å²) >= 11 is 1.18. The number of rotatable bonds is 5. The van der Waals surface area contributed by atoms with E-state index in [2.05, 4.69) is 15.3 Å². The number of imidazole rings is 1. The predicted molar refractivity (Wildman–Crippen MR) is 72.3 cm³/mol. The molecule has 6 heteroatoms.